The van der Waals surface area contributed by atoms with Gasteiger partial charge in [0.15, 0.2) is 0 Å². The van der Waals surface area contributed by atoms with E-state index < -0.39 is 6.16 Å². The highest BCUT2D eigenvalue weighted by Crippen LogP contribution is 2.17. The molecule has 0 spiro atoms. The molecular weight excluding hydrogens is 192 g/mol. The second-order valence-corrected chi connectivity index (χ2v) is 3.39. The SMILES string of the molecule is O=C(O)OC/C=C/C=C/C1=CCCCC1. The van der Waals surface area contributed by atoms with Crippen molar-refractivity contribution in [2.75, 3.05) is 6.61 Å². The molecule has 0 fully saturated rings. The van der Waals surface area contributed by atoms with Crippen molar-refractivity contribution in [2.24, 2.45) is 0 Å². The quantitative estimate of drug-likeness (QED) is 0.569. The van der Waals surface area contributed by atoms with Crippen molar-refractivity contribution in [3.63, 3.8) is 0 Å². The van der Waals surface area contributed by atoms with E-state index in [4.69, 9.17) is 5.11 Å². The van der Waals surface area contributed by atoms with Gasteiger partial charge in [0, 0.05) is 0 Å². The van der Waals surface area contributed by atoms with Gasteiger partial charge in [-0.05, 0) is 31.8 Å². The summed E-state index contributed by atoms with van der Waals surface area (Å²) in [6.45, 7) is 0.110. The summed E-state index contributed by atoms with van der Waals surface area (Å²) >= 11 is 0. The highest BCUT2D eigenvalue weighted by atomic mass is 16.7. The first-order chi connectivity index (χ1) is 7.29. The molecule has 0 aliphatic heterocycles. The number of hydrogen-bond donors (Lipinski definition) is 1. The van der Waals surface area contributed by atoms with E-state index in [1.165, 1.54) is 24.8 Å². The summed E-state index contributed by atoms with van der Waals surface area (Å²) in [6, 6.07) is 0. The van der Waals surface area contributed by atoms with Crippen molar-refractivity contribution < 1.29 is 14.6 Å². The smallest absolute Gasteiger partial charge is 0.450 e. The summed E-state index contributed by atoms with van der Waals surface area (Å²) in [7, 11) is 0. The molecule has 3 heteroatoms. The third-order valence-electron chi connectivity index (χ3n) is 2.19. The molecule has 3 nitrogen and oxygen atoms in total. The van der Waals surface area contributed by atoms with Crippen LogP contribution in [0.2, 0.25) is 0 Å². The van der Waals surface area contributed by atoms with Gasteiger partial charge in [0.05, 0.1) is 0 Å². The molecular formula is C12H16O3. The molecule has 0 atom stereocenters. The van der Waals surface area contributed by atoms with E-state index in [1.807, 2.05) is 6.08 Å². The zero-order valence-corrected chi connectivity index (χ0v) is 8.69. The van der Waals surface area contributed by atoms with E-state index in [2.05, 4.69) is 16.9 Å². The molecule has 0 aromatic heterocycles. The number of ether oxygens (including phenoxy) is 1. The van der Waals surface area contributed by atoms with Crippen molar-refractivity contribution >= 4 is 6.16 Å². The van der Waals surface area contributed by atoms with Crippen LogP contribution in [0.25, 0.3) is 0 Å². The van der Waals surface area contributed by atoms with Crippen LogP contribution in [-0.4, -0.2) is 17.9 Å². The molecule has 0 aromatic rings. The van der Waals surface area contributed by atoms with Crippen molar-refractivity contribution in [1.82, 2.24) is 0 Å². The van der Waals surface area contributed by atoms with Gasteiger partial charge in [-0.1, -0.05) is 29.9 Å². The molecule has 15 heavy (non-hydrogen) atoms. The summed E-state index contributed by atoms with van der Waals surface area (Å²) in [6.07, 6.45) is 13.4. The minimum absolute atomic E-state index is 0.110. The van der Waals surface area contributed by atoms with Gasteiger partial charge in [-0.3, -0.25) is 0 Å². The highest BCUT2D eigenvalue weighted by molar-refractivity contribution is 5.56. The average Bonchev–Trinajstić information content (AvgIpc) is 2.24. The number of carboxylic acid groups (broad SMARTS) is 1. The Morgan fingerprint density at radius 2 is 2.33 bits per heavy atom. The Morgan fingerprint density at radius 1 is 1.47 bits per heavy atom. The van der Waals surface area contributed by atoms with Gasteiger partial charge in [-0.25, -0.2) is 4.79 Å². The molecule has 1 rings (SSSR count). The Bertz CT molecular complexity index is 287. The third-order valence-corrected chi connectivity index (χ3v) is 2.19. The fourth-order valence-electron chi connectivity index (χ4n) is 1.45. The maximum Gasteiger partial charge on any atom is 0.506 e. The second kappa shape index (κ2) is 6.87. The molecule has 0 unspecified atom stereocenters. The van der Waals surface area contributed by atoms with Crippen molar-refractivity contribution in [3.05, 3.63) is 36.0 Å². The van der Waals surface area contributed by atoms with E-state index in [9.17, 15) is 4.79 Å². The van der Waals surface area contributed by atoms with Crippen LogP contribution < -0.4 is 0 Å². The number of hydrogen-bond acceptors (Lipinski definition) is 2. The van der Waals surface area contributed by atoms with Crippen LogP contribution in [0, 0.1) is 0 Å². The normalized spacial score (nSPS) is 16.9. The van der Waals surface area contributed by atoms with Crippen molar-refractivity contribution in [2.45, 2.75) is 25.7 Å². The van der Waals surface area contributed by atoms with E-state index in [1.54, 1.807) is 12.2 Å². The molecule has 1 aliphatic rings. The molecule has 0 bridgehead atoms. The van der Waals surface area contributed by atoms with Gasteiger partial charge in [-0.15, -0.1) is 0 Å². The Hall–Kier alpha value is -1.51. The van der Waals surface area contributed by atoms with Gasteiger partial charge in [0.1, 0.15) is 6.61 Å². The monoisotopic (exact) mass is 208 g/mol. The predicted molar refractivity (Wildman–Crippen MR) is 58.8 cm³/mol. The molecule has 0 heterocycles. The molecule has 82 valence electrons. The molecule has 0 amide bonds. The van der Waals surface area contributed by atoms with E-state index in [-0.39, 0.29) is 6.61 Å². The van der Waals surface area contributed by atoms with E-state index in [0.29, 0.717) is 0 Å². The lowest BCUT2D eigenvalue weighted by molar-refractivity contribution is 0.102. The zero-order chi connectivity index (χ0) is 10.9. The van der Waals surface area contributed by atoms with Gasteiger partial charge in [-0.2, -0.15) is 0 Å². The zero-order valence-electron chi connectivity index (χ0n) is 8.69. The molecule has 0 aromatic carbocycles. The van der Waals surface area contributed by atoms with Crippen LogP contribution in [0.15, 0.2) is 36.0 Å². The second-order valence-electron chi connectivity index (χ2n) is 3.39. The molecule has 1 aliphatic carbocycles. The summed E-state index contributed by atoms with van der Waals surface area (Å²) < 4.78 is 4.32. The van der Waals surface area contributed by atoms with Gasteiger partial charge < -0.3 is 9.84 Å². The summed E-state index contributed by atoms with van der Waals surface area (Å²) in [5.74, 6) is 0. The first-order valence-electron chi connectivity index (χ1n) is 5.17. The van der Waals surface area contributed by atoms with Crippen LogP contribution in [-0.2, 0) is 4.74 Å². The van der Waals surface area contributed by atoms with Crippen LogP contribution in [0.4, 0.5) is 4.79 Å². The number of allylic oxidation sites excluding steroid dienone is 5. The fraction of sp³-hybridized carbons (Fsp3) is 0.417. The minimum atomic E-state index is -1.24. The highest BCUT2D eigenvalue weighted by Gasteiger charge is 1.98. The summed E-state index contributed by atoms with van der Waals surface area (Å²) in [5.41, 5.74) is 1.37. The Kier molecular flexibility index (Phi) is 5.30. The maximum absolute atomic E-state index is 10.00. The fourth-order valence-corrected chi connectivity index (χ4v) is 1.45. The number of rotatable bonds is 4. The van der Waals surface area contributed by atoms with E-state index >= 15 is 0 Å². The Labute approximate surface area is 89.7 Å². The molecule has 0 saturated carbocycles. The molecule has 1 N–H and O–H groups in total. The lowest BCUT2D eigenvalue weighted by atomic mass is 9.99. The van der Waals surface area contributed by atoms with Crippen LogP contribution in [0.3, 0.4) is 0 Å². The largest absolute Gasteiger partial charge is 0.506 e. The molecule has 0 radical (unpaired) electrons. The third kappa shape index (κ3) is 5.73. The summed E-state index contributed by atoms with van der Waals surface area (Å²) in [4.78, 5) is 10.00. The lowest BCUT2D eigenvalue weighted by Crippen LogP contribution is -1.98. The average molecular weight is 208 g/mol. The lowest BCUT2D eigenvalue weighted by Gasteiger charge is -2.07. The van der Waals surface area contributed by atoms with Gasteiger partial charge in [0.2, 0.25) is 0 Å². The maximum atomic E-state index is 10.00. The Balaban J connectivity index is 2.20. The first-order valence-corrected chi connectivity index (χ1v) is 5.17. The Morgan fingerprint density at radius 3 is 3.00 bits per heavy atom. The summed E-state index contributed by atoms with van der Waals surface area (Å²) in [5, 5.41) is 8.19. The number of carbonyl (C=O) groups is 1. The van der Waals surface area contributed by atoms with Crippen molar-refractivity contribution in [1.29, 1.82) is 0 Å². The van der Waals surface area contributed by atoms with Crippen LogP contribution in [0.5, 0.6) is 0 Å². The predicted octanol–water partition coefficient (Wildman–Crippen LogP) is 3.29. The first kappa shape index (κ1) is 11.6. The minimum Gasteiger partial charge on any atom is -0.450 e. The van der Waals surface area contributed by atoms with Crippen LogP contribution in [0.1, 0.15) is 25.7 Å². The van der Waals surface area contributed by atoms with Crippen LogP contribution >= 0.6 is 0 Å². The standard InChI is InChI=1S/C12H16O3/c13-12(14)15-10-6-2-5-9-11-7-3-1-4-8-11/h2,5-7,9H,1,3-4,8,10H2,(H,13,14)/b6-2+,9-5+. The van der Waals surface area contributed by atoms with Gasteiger partial charge in [0.25, 0.3) is 0 Å². The molecule has 0 saturated heterocycles. The van der Waals surface area contributed by atoms with E-state index in [0.717, 1.165) is 6.42 Å². The van der Waals surface area contributed by atoms with Crippen molar-refractivity contribution in [3.8, 4) is 0 Å². The van der Waals surface area contributed by atoms with Gasteiger partial charge >= 0.3 is 6.16 Å². The topological polar surface area (TPSA) is 46.5 Å².